The number of aromatic nitrogens is 2. The van der Waals surface area contributed by atoms with Crippen molar-refractivity contribution in [2.45, 2.75) is 32.4 Å². The van der Waals surface area contributed by atoms with Crippen molar-refractivity contribution >= 4 is 5.91 Å². The Bertz CT molecular complexity index is 677. The largest absolute Gasteiger partial charge is 0.494 e. The number of ether oxygens (including phenoxy) is 1. The van der Waals surface area contributed by atoms with Crippen molar-refractivity contribution < 1.29 is 9.53 Å². The highest BCUT2D eigenvalue weighted by Crippen LogP contribution is 2.16. The van der Waals surface area contributed by atoms with Crippen LogP contribution in [0.1, 0.15) is 41.9 Å². The average molecular weight is 328 g/mol. The summed E-state index contributed by atoms with van der Waals surface area (Å²) in [7, 11) is 0. The van der Waals surface area contributed by atoms with Crippen molar-refractivity contribution in [3.05, 3.63) is 47.8 Å². The van der Waals surface area contributed by atoms with Gasteiger partial charge in [0.15, 0.2) is 0 Å². The normalized spacial score (nSPS) is 17.5. The number of benzene rings is 1. The molecule has 0 radical (unpaired) electrons. The molecule has 2 heterocycles. The van der Waals surface area contributed by atoms with Crippen LogP contribution in [-0.4, -0.2) is 35.4 Å². The van der Waals surface area contributed by atoms with Gasteiger partial charge in [-0.25, -0.2) is 0 Å². The highest BCUT2D eigenvalue weighted by atomic mass is 16.5. The number of carbonyl (C=O) groups is 1. The number of hydrogen-bond donors (Lipinski definition) is 2. The average Bonchev–Trinajstić information content (AvgIpc) is 3.11. The smallest absolute Gasteiger partial charge is 0.272 e. The molecule has 1 fully saturated rings. The molecule has 1 aliphatic rings. The minimum absolute atomic E-state index is 0.153. The van der Waals surface area contributed by atoms with Crippen LogP contribution in [0.5, 0.6) is 5.75 Å². The van der Waals surface area contributed by atoms with Crippen LogP contribution in [-0.2, 0) is 6.54 Å². The number of piperidine rings is 1. The van der Waals surface area contributed by atoms with Gasteiger partial charge >= 0.3 is 0 Å². The second-order valence-electron chi connectivity index (χ2n) is 5.94. The summed E-state index contributed by atoms with van der Waals surface area (Å²) in [6, 6.07) is 9.86. The Morgan fingerprint density at radius 3 is 3.17 bits per heavy atom. The molecule has 6 heteroatoms. The Labute approximate surface area is 142 Å². The predicted octanol–water partition coefficient (Wildman–Crippen LogP) is 2.14. The van der Waals surface area contributed by atoms with Gasteiger partial charge in [0.1, 0.15) is 11.4 Å². The fourth-order valence-corrected chi connectivity index (χ4v) is 2.91. The van der Waals surface area contributed by atoms with Crippen molar-refractivity contribution in [3.8, 4) is 5.75 Å². The van der Waals surface area contributed by atoms with Gasteiger partial charge in [-0.2, -0.15) is 5.10 Å². The zero-order valence-corrected chi connectivity index (χ0v) is 14.0. The molecule has 0 aliphatic carbocycles. The Morgan fingerprint density at radius 2 is 2.38 bits per heavy atom. The molecule has 0 saturated carbocycles. The SMILES string of the molecule is CCOc1cccc(CNC(=O)c2ccn(C3CCCNC3)n2)c1. The molecule has 3 rings (SSSR count). The molecule has 0 bridgehead atoms. The Balaban J connectivity index is 1.57. The molecule has 1 aromatic heterocycles. The lowest BCUT2D eigenvalue weighted by molar-refractivity contribution is 0.0944. The quantitative estimate of drug-likeness (QED) is 0.852. The van der Waals surface area contributed by atoms with Crippen LogP contribution < -0.4 is 15.4 Å². The van der Waals surface area contributed by atoms with Crippen molar-refractivity contribution in [1.29, 1.82) is 0 Å². The maximum absolute atomic E-state index is 12.3. The molecule has 128 valence electrons. The number of nitrogens with one attached hydrogen (secondary N) is 2. The molecule has 1 aliphatic heterocycles. The van der Waals surface area contributed by atoms with Crippen molar-refractivity contribution in [2.75, 3.05) is 19.7 Å². The maximum Gasteiger partial charge on any atom is 0.272 e. The Hall–Kier alpha value is -2.34. The molecule has 1 amide bonds. The van der Waals surface area contributed by atoms with E-state index in [2.05, 4.69) is 15.7 Å². The minimum Gasteiger partial charge on any atom is -0.494 e. The van der Waals surface area contributed by atoms with Crippen molar-refractivity contribution in [3.63, 3.8) is 0 Å². The molecule has 0 spiro atoms. The predicted molar refractivity (Wildman–Crippen MR) is 92.1 cm³/mol. The molecule has 2 aromatic rings. The van der Waals surface area contributed by atoms with Crippen LogP contribution in [0.15, 0.2) is 36.5 Å². The van der Waals surface area contributed by atoms with E-state index in [0.717, 1.165) is 37.2 Å². The molecule has 1 aromatic carbocycles. The van der Waals surface area contributed by atoms with Gasteiger partial charge in [-0.1, -0.05) is 12.1 Å². The molecule has 1 unspecified atom stereocenters. The van der Waals surface area contributed by atoms with Gasteiger partial charge in [0.05, 0.1) is 12.6 Å². The highest BCUT2D eigenvalue weighted by Gasteiger charge is 2.17. The van der Waals surface area contributed by atoms with Crippen LogP contribution in [0.3, 0.4) is 0 Å². The van der Waals surface area contributed by atoms with Gasteiger partial charge in [-0.05, 0) is 50.1 Å². The van der Waals surface area contributed by atoms with E-state index in [0.29, 0.717) is 24.9 Å². The van der Waals surface area contributed by atoms with Gasteiger partial charge in [0.2, 0.25) is 0 Å². The number of rotatable bonds is 6. The van der Waals surface area contributed by atoms with E-state index in [-0.39, 0.29) is 5.91 Å². The van der Waals surface area contributed by atoms with Crippen LogP contribution in [0.25, 0.3) is 0 Å². The van der Waals surface area contributed by atoms with Crippen molar-refractivity contribution in [1.82, 2.24) is 20.4 Å². The summed E-state index contributed by atoms with van der Waals surface area (Å²) < 4.78 is 7.37. The molecule has 24 heavy (non-hydrogen) atoms. The fraction of sp³-hybridized carbons (Fsp3) is 0.444. The molecular formula is C18H24N4O2. The Morgan fingerprint density at radius 1 is 1.46 bits per heavy atom. The number of carbonyl (C=O) groups excluding carboxylic acids is 1. The second kappa shape index (κ2) is 7.97. The van der Waals surface area contributed by atoms with Crippen LogP contribution >= 0.6 is 0 Å². The maximum atomic E-state index is 12.3. The summed E-state index contributed by atoms with van der Waals surface area (Å²) in [5.74, 6) is 0.664. The summed E-state index contributed by atoms with van der Waals surface area (Å²) in [6.45, 7) is 5.01. The molecule has 6 nitrogen and oxygen atoms in total. The van der Waals surface area contributed by atoms with Gasteiger partial charge < -0.3 is 15.4 Å². The molecule has 1 atom stereocenters. The third-order valence-electron chi connectivity index (χ3n) is 4.15. The van der Waals surface area contributed by atoms with E-state index < -0.39 is 0 Å². The first-order valence-electron chi connectivity index (χ1n) is 8.52. The standard InChI is InChI=1S/C18H24N4O2/c1-2-24-16-7-3-5-14(11-16)12-20-18(23)17-8-10-22(21-17)15-6-4-9-19-13-15/h3,5,7-8,10-11,15,19H,2,4,6,9,12-13H2,1H3,(H,20,23). The number of amides is 1. The fourth-order valence-electron chi connectivity index (χ4n) is 2.91. The number of nitrogens with zero attached hydrogens (tertiary/aromatic N) is 2. The van der Waals surface area contributed by atoms with E-state index in [1.807, 2.05) is 42.1 Å². The number of hydrogen-bond acceptors (Lipinski definition) is 4. The topological polar surface area (TPSA) is 68.2 Å². The lowest BCUT2D eigenvalue weighted by Gasteiger charge is -2.22. The van der Waals surface area contributed by atoms with Gasteiger partial charge in [0, 0.05) is 19.3 Å². The lowest BCUT2D eigenvalue weighted by Crippen LogP contribution is -2.32. The van der Waals surface area contributed by atoms with E-state index in [1.54, 1.807) is 6.07 Å². The third-order valence-corrected chi connectivity index (χ3v) is 4.15. The van der Waals surface area contributed by atoms with E-state index in [4.69, 9.17) is 4.74 Å². The summed E-state index contributed by atoms with van der Waals surface area (Å²) in [5, 5.41) is 10.7. The third kappa shape index (κ3) is 4.14. The van der Waals surface area contributed by atoms with Gasteiger partial charge in [-0.15, -0.1) is 0 Å². The zero-order chi connectivity index (χ0) is 16.8. The van der Waals surface area contributed by atoms with Gasteiger partial charge in [0.25, 0.3) is 5.91 Å². The summed E-state index contributed by atoms with van der Waals surface area (Å²) in [6.07, 6.45) is 4.13. The zero-order valence-electron chi connectivity index (χ0n) is 14.0. The highest BCUT2D eigenvalue weighted by molar-refractivity contribution is 5.92. The van der Waals surface area contributed by atoms with Crippen LogP contribution in [0.2, 0.25) is 0 Å². The molecule has 1 saturated heterocycles. The van der Waals surface area contributed by atoms with Crippen LogP contribution in [0, 0.1) is 0 Å². The summed E-state index contributed by atoms with van der Waals surface area (Å²) >= 11 is 0. The van der Waals surface area contributed by atoms with Gasteiger partial charge in [-0.3, -0.25) is 9.48 Å². The molecule has 2 N–H and O–H groups in total. The van der Waals surface area contributed by atoms with Crippen molar-refractivity contribution in [2.24, 2.45) is 0 Å². The Kier molecular flexibility index (Phi) is 5.48. The van der Waals surface area contributed by atoms with E-state index in [1.165, 1.54) is 0 Å². The summed E-state index contributed by atoms with van der Waals surface area (Å²) in [4.78, 5) is 12.3. The van der Waals surface area contributed by atoms with E-state index >= 15 is 0 Å². The second-order valence-corrected chi connectivity index (χ2v) is 5.94. The van der Waals surface area contributed by atoms with Crippen LogP contribution in [0.4, 0.5) is 0 Å². The monoisotopic (exact) mass is 328 g/mol. The van der Waals surface area contributed by atoms with E-state index in [9.17, 15) is 4.79 Å². The minimum atomic E-state index is -0.153. The lowest BCUT2D eigenvalue weighted by atomic mass is 10.1. The first-order valence-corrected chi connectivity index (χ1v) is 8.52. The first-order chi connectivity index (χ1) is 11.8. The molecular weight excluding hydrogens is 304 g/mol. The first kappa shape index (κ1) is 16.5. The summed E-state index contributed by atoms with van der Waals surface area (Å²) in [5.41, 5.74) is 1.46.